The fraction of sp³-hybridized carbons (Fsp3) is 0.0714. The molecule has 6 heteroatoms. The van der Waals surface area contributed by atoms with E-state index in [1.807, 2.05) is 12.1 Å². The first-order valence-corrected chi connectivity index (χ1v) is 5.86. The van der Waals surface area contributed by atoms with Gasteiger partial charge in [-0.15, -0.1) is 0 Å². The van der Waals surface area contributed by atoms with Crippen molar-refractivity contribution >= 4 is 11.6 Å². The molecular formula is C14H12N4O2. The number of benzene rings is 2. The molecule has 1 amide bonds. The van der Waals surface area contributed by atoms with Gasteiger partial charge in [0.25, 0.3) is 0 Å². The second-order valence-electron chi connectivity index (χ2n) is 4.04. The van der Waals surface area contributed by atoms with Crippen LogP contribution >= 0.6 is 0 Å². The van der Waals surface area contributed by atoms with E-state index in [4.69, 9.17) is 16.0 Å². The van der Waals surface area contributed by atoms with E-state index in [0.717, 1.165) is 5.56 Å². The maximum absolute atomic E-state index is 11.1. The lowest BCUT2D eigenvalue weighted by molar-refractivity contribution is 0.1000. The molecule has 0 aromatic heterocycles. The predicted molar refractivity (Wildman–Crippen MR) is 74.5 cm³/mol. The Kier molecular flexibility index (Phi) is 4.21. The van der Waals surface area contributed by atoms with E-state index in [-0.39, 0.29) is 0 Å². The summed E-state index contributed by atoms with van der Waals surface area (Å²) in [4.78, 5) is 13.8. The molecule has 2 aromatic rings. The molecule has 0 fully saturated rings. The Labute approximate surface area is 115 Å². The van der Waals surface area contributed by atoms with E-state index >= 15 is 0 Å². The van der Waals surface area contributed by atoms with Crippen LogP contribution in [0.4, 0.5) is 5.69 Å². The summed E-state index contributed by atoms with van der Waals surface area (Å²) in [5, 5.41) is 3.49. The van der Waals surface area contributed by atoms with Crippen LogP contribution in [0, 0.1) is 0 Å². The molecule has 2 N–H and O–H groups in total. The maximum Gasteiger partial charge on any atom is 0.248 e. The zero-order valence-corrected chi connectivity index (χ0v) is 10.6. The van der Waals surface area contributed by atoms with Gasteiger partial charge in [0.1, 0.15) is 12.4 Å². The van der Waals surface area contributed by atoms with Gasteiger partial charge in [-0.25, -0.2) is 0 Å². The molecule has 0 radical (unpaired) electrons. The molecule has 0 atom stereocenters. The number of primary amides is 1. The standard InChI is InChI=1S/C14H12N4O2/c15-14(19)11-2-1-3-13(8-11)20-9-10-4-6-12(7-5-10)17-18-16/h1-8H,9H2,(H2,15,19). The molecular weight excluding hydrogens is 256 g/mol. The predicted octanol–water partition coefficient (Wildman–Crippen LogP) is 3.31. The molecule has 0 aliphatic heterocycles. The van der Waals surface area contributed by atoms with Crippen LogP contribution in [-0.4, -0.2) is 5.91 Å². The third kappa shape index (κ3) is 3.51. The van der Waals surface area contributed by atoms with Crippen molar-refractivity contribution in [3.05, 3.63) is 70.1 Å². The van der Waals surface area contributed by atoms with Gasteiger partial charge in [0, 0.05) is 16.2 Å². The topological polar surface area (TPSA) is 101 Å². The Morgan fingerprint density at radius 3 is 2.65 bits per heavy atom. The third-order valence-corrected chi connectivity index (χ3v) is 2.62. The van der Waals surface area contributed by atoms with Gasteiger partial charge in [-0.3, -0.25) is 4.79 Å². The van der Waals surface area contributed by atoms with Gasteiger partial charge in [-0.1, -0.05) is 35.4 Å². The maximum atomic E-state index is 11.1. The minimum Gasteiger partial charge on any atom is -0.489 e. The lowest BCUT2D eigenvalue weighted by Gasteiger charge is -2.07. The molecule has 0 unspecified atom stereocenters. The first kappa shape index (κ1) is 13.5. The number of azide groups is 1. The van der Waals surface area contributed by atoms with Crippen molar-refractivity contribution in [2.45, 2.75) is 6.61 Å². The molecule has 100 valence electrons. The van der Waals surface area contributed by atoms with Gasteiger partial charge in [-0.2, -0.15) is 0 Å². The highest BCUT2D eigenvalue weighted by molar-refractivity contribution is 5.93. The van der Waals surface area contributed by atoms with Crippen LogP contribution in [-0.2, 0) is 6.61 Å². The largest absolute Gasteiger partial charge is 0.489 e. The second kappa shape index (κ2) is 6.26. The molecule has 6 nitrogen and oxygen atoms in total. The third-order valence-electron chi connectivity index (χ3n) is 2.62. The van der Waals surface area contributed by atoms with Crippen molar-refractivity contribution < 1.29 is 9.53 Å². The van der Waals surface area contributed by atoms with Gasteiger partial charge in [0.05, 0.1) is 0 Å². The molecule has 20 heavy (non-hydrogen) atoms. The molecule has 0 saturated carbocycles. The number of rotatable bonds is 5. The number of nitrogens with zero attached hydrogens (tertiary/aromatic N) is 3. The Balaban J connectivity index is 2.03. The number of hydrogen-bond acceptors (Lipinski definition) is 3. The van der Waals surface area contributed by atoms with Crippen molar-refractivity contribution in [2.75, 3.05) is 0 Å². The molecule has 0 aliphatic rings. The first-order chi connectivity index (χ1) is 9.69. The monoisotopic (exact) mass is 268 g/mol. The van der Waals surface area contributed by atoms with Crippen LogP contribution in [0.1, 0.15) is 15.9 Å². The van der Waals surface area contributed by atoms with Crippen LogP contribution in [0.15, 0.2) is 53.6 Å². The van der Waals surface area contributed by atoms with E-state index < -0.39 is 5.91 Å². The zero-order valence-electron chi connectivity index (χ0n) is 10.6. The SMILES string of the molecule is [N-]=[N+]=Nc1ccc(COc2cccc(C(N)=O)c2)cc1. The van der Waals surface area contributed by atoms with Gasteiger partial charge >= 0.3 is 0 Å². The van der Waals surface area contributed by atoms with Crippen LogP contribution < -0.4 is 10.5 Å². The molecule has 2 aromatic carbocycles. The number of ether oxygens (including phenoxy) is 1. The summed E-state index contributed by atoms with van der Waals surface area (Å²) in [5.74, 6) is 0.0783. The Hall–Kier alpha value is -2.98. The summed E-state index contributed by atoms with van der Waals surface area (Å²) in [6.45, 7) is 0.346. The van der Waals surface area contributed by atoms with E-state index in [1.165, 1.54) is 0 Å². The average molecular weight is 268 g/mol. The van der Waals surface area contributed by atoms with E-state index in [1.54, 1.807) is 36.4 Å². The van der Waals surface area contributed by atoms with Crippen molar-refractivity contribution in [1.82, 2.24) is 0 Å². The smallest absolute Gasteiger partial charge is 0.248 e. The fourth-order valence-electron chi connectivity index (χ4n) is 1.62. The highest BCUT2D eigenvalue weighted by Crippen LogP contribution is 2.17. The quantitative estimate of drug-likeness (QED) is 0.511. The number of hydrogen-bond donors (Lipinski definition) is 1. The van der Waals surface area contributed by atoms with Gasteiger partial charge in [0.2, 0.25) is 5.91 Å². The Morgan fingerprint density at radius 2 is 2.00 bits per heavy atom. The number of carbonyl (C=O) groups excluding carboxylic acids is 1. The summed E-state index contributed by atoms with van der Waals surface area (Å²) < 4.78 is 5.57. The molecule has 0 saturated heterocycles. The number of carbonyl (C=O) groups is 1. The Morgan fingerprint density at radius 1 is 1.25 bits per heavy atom. The molecule has 0 heterocycles. The lowest BCUT2D eigenvalue weighted by atomic mass is 10.2. The van der Waals surface area contributed by atoms with E-state index in [9.17, 15) is 4.79 Å². The summed E-state index contributed by atoms with van der Waals surface area (Å²) in [7, 11) is 0. The van der Waals surface area contributed by atoms with Crippen LogP contribution in [0.5, 0.6) is 5.75 Å². The minimum absolute atomic E-state index is 0.346. The normalized spacial score (nSPS) is 9.60. The van der Waals surface area contributed by atoms with Crippen LogP contribution in [0.2, 0.25) is 0 Å². The average Bonchev–Trinajstić information content (AvgIpc) is 2.47. The fourth-order valence-corrected chi connectivity index (χ4v) is 1.62. The van der Waals surface area contributed by atoms with Crippen molar-refractivity contribution in [1.29, 1.82) is 0 Å². The van der Waals surface area contributed by atoms with Crippen LogP contribution in [0.25, 0.3) is 10.4 Å². The summed E-state index contributed by atoms with van der Waals surface area (Å²) in [5.41, 5.74) is 15.4. The number of amides is 1. The van der Waals surface area contributed by atoms with E-state index in [2.05, 4.69) is 10.0 Å². The molecule has 2 rings (SSSR count). The highest BCUT2D eigenvalue weighted by Gasteiger charge is 2.02. The summed E-state index contributed by atoms with van der Waals surface area (Å²) in [6.07, 6.45) is 0. The summed E-state index contributed by atoms with van der Waals surface area (Å²) >= 11 is 0. The van der Waals surface area contributed by atoms with Crippen molar-refractivity contribution in [3.8, 4) is 5.75 Å². The lowest BCUT2D eigenvalue weighted by Crippen LogP contribution is -2.10. The second-order valence-corrected chi connectivity index (χ2v) is 4.04. The summed E-state index contributed by atoms with van der Waals surface area (Å²) in [6, 6.07) is 13.7. The molecule has 0 aliphatic carbocycles. The van der Waals surface area contributed by atoms with Crippen LogP contribution in [0.3, 0.4) is 0 Å². The van der Waals surface area contributed by atoms with E-state index in [0.29, 0.717) is 23.6 Å². The molecule has 0 spiro atoms. The van der Waals surface area contributed by atoms with Gasteiger partial charge in [0.15, 0.2) is 0 Å². The highest BCUT2D eigenvalue weighted by atomic mass is 16.5. The first-order valence-electron chi connectivity index (χ1n) is 5.86. The number of nitrogens with two attached hydrogens (primary N) is 1. The zero-order chi connectivity index (χ0) is 14.4. The van der Waals surface area contributed by atoms with Gasteiger partial charge < -0.3 is 10.5 Å². The minimum atomic E-state index is -0.492. The Bertz CT molecular complexity index is 661. The molecule has 0 bridgehead atoms. The van der Waals surface area contributed by atoms with Crippen molar-refractivity contribution in [2.24, 2.45) is 10.8 Å². The van der Waals surface area contributed by atoms with Gasteiger partial charge in [-0.05, 0) is 29.3 Å². The van der Waals surface area contributed by atoms with Crippen molar-refractivity contribution in [3.63, 3.8) is 0 Å².